The third kappa shape index (κ3) is 4.73. The van der Waals surface area contributed by atoms with Crippen molar-refractivity contribution in [2.24, 2.45) is 0 Å². The highest BCUT2D eigenvalue weighted by Crippen LogP contribution is 2.62. The fourth-order valence-electron chi connectivity index (χ4n) is 11.1. The van der Waals surface area contributed by atoms with Crippen molar-refractivity contribution in [3.05, 3.63) is 241 Å². The van der Waals surface area contributed by atoms with Crippen LogP contribution >= 0.6 is 11.3 Å². The van der Waals surface area contributed by atoms with Gasteiger partial charge in [0.05, 0.1) is 22.1 Å². The first-order valence-electron chi connectivity index (χ1n) is 21.6. The van der Waals surface area contributed by atoms with Gasteiger partial charge in [-0.2, -0.15) is 0 Å². The highest BCUT2D eigenvalue weighted by Gasteiger charge is 2.49. The summed E-state index contributed by atoms with van der Waals surface area (Å²) >= 11 is 1.86. The van der Waals surface area contributed by atoms with Gasteiger partial charge in [0.1, 0.15) is 11.5 Å². The first kappa shape index (κ1) is 34.8. The summed E-state index contributed by atoms with van der Waals surface area (Å²) in [7, 11) is 0. The van der Waals surface area contributed by atoms with Gasteiger partial charge < -0.3 is 14.2 Å². The lowest BCUT2D eigenvalue weighted by atomic mass is 9.58. The van der Waals surface area contributed by atoms with E-state index in [1.165, 1.54) is 80.7 Å². The van der Waals surface area contributed by atoms with Crippen molar-refractivity contribution in [1.82, 2.24) is 4.57 Å². The van der Waals surface area contributed by atoms with Crippen LogP contribution in [-0.2, 0) is 5.41 Å². The number of hydrogen-bond acceptors (Lipinski definition) is 3. The Balaban J connectivity index is 1.03. The fourth-order valence-corrected chi connectivity index (χ4v) is 12.2. The number of ether oxygens (including phenoxy) is 1. The molecule has 1 spiro atoms. The van der Waals surface area contributed by atoms with E-state index < -0.39 is 5.41 Å². The highest BCUT2D eigenvalue weighted by atomic mass is 32.1. The molecule has 2 aromatic heterocycles. The third-order valence-electron chi connectivity index (χ3n) is 13.6. The first-order chi connectivity index (χ1) is 31.3. The predicted octanol–water partition coefficient (Wildman–Crippen LogP) is 16.2. The number of hydrogen-bond donors (Lipinski definition) is 0. The number of nitrogens with zero attached hydrogens (tertiary/aromatic N) is 2. The van der Waals surface area contributed by atoms with Crippen molar-refractivity contribution < 1.29 is 4.74 Å². The van der Waals surface area contributed by atoms with Crippen LogP contribution in [0.1, 0.15) is 22.3 Å². The summed E-state index contributed by atoms with van der Waals surface area (Å²) in [5.74, 6) is 1.79. The summed E-state index contributed by atoms with van der Waals surface area (Å²) in [4.78, 5) is 2.46. The van der Waals surface area contributed by atoms with Crippen LogP contribution in [0, 0.1) is 0 Å². The Hall–Kier alpha value is -7.92. The van der Waals surface area contributed by atoms with Crippen LogP contribution in [0.4, 0.5) is 17.1 Å². The van der Waals surface area contributed by atoms with Gasteiger partial charge in [0, 0.05) is 64.5 Å². The summed E-state index contributed by atoms with van der Waals surface area (Å²) in [6.07, 6.45) is 0. The van der Waals surface area contributed by atoms with Gasteiger partial charge in [-0.05, 0) is 107 Å². The van der Waals surface area contributed by atoms with E-state index in [1.807, 2.05) is 11.3 Å². The summed E-state index contributed by atoms with van der Waals surface area (Å²) in [5.41, 5.74) is 13.6. The van der Waals surface area contributed by atoms with Gasteiger partial charge in [0.2, 0.25) is 0 Å². The van der Waals surface area contributed by atoms with Crippen molar-refractivity contribution in [3.8, 4) is 28.3 Å². The predicted molar refractivity (Wildman–Crippen MR) is 263 cm³/mol. The molecule has 0 saturated carbocycles. The molecule has 0 unspecified atom stereocenters. The Labute approximate surface area is 367 Å². The number of rotatable bonds is 4. The molecular formula is C59H36N2OS. The summed E-state index contributed by atoms with van der Waals surface area (Å²) in [6.45, 7) is 0. The van der Waals surface area contributed by atoms with Gasteiger partial charge in [0.25, 0.3) is 0 Å². The molecule has 0 saturated heterocycles. The number of benzene rings is 10. The molecule has 1 aliphatic carbocycles. The van der Waals surface area contributed by atoms with Gasteiger partial charge in [0.15, 0.2) is 0 Å². The molecule has 10 aromatic carbocycles. The fraction of sp³-hybridized carbons (Fsp3) is 0.0169. The minimum absolute atomic E-state index is 0.593. The number of para-hydroxylation sites is 4. The molecule has 14 rings (SSSR count). The van der Waals surface area contributed by atoms with Crippen LogP contribution < -0.4 is 9.64 Å². The van der Waals surface area contributed by atoms with Crippen LogP contribution in [0.15, 0.2) is 218 Å². The number of fused-ring (bicyclic) bond motifs is 14. The molecule has 0 bridgehead atoms. The number of thiophene rings is 1. The normalized spacial score (nSPS) is 13.3. The molecule has 0 N–H and O–H groups in total. The SMILES string of the molecule is c1ccc(N(c2ccc3c(c2)c2ccccc2n3-c2ccc3sc4ccccc4c3c2)c2ccc3c4c(cccc24)C2(c4ccccc4Oc4ccccc42)c2ccccc2-3)cc1. The minimum Gasteiger partial charge on any atom is -0.457 e. The second-order valence-electron chi connectivity index (χ2n) is 16.8. The van der Waals surface area contributed by atoms with Crippen molar-refractivity contribution in [1.29, 1.82) is 0 Å². The topological polar surface area (TPSA) is 17.4 Å². The van der Waals surface area contributed by atoms with E-state index in [0.717, 1.165) is 39.7 Å². The molecule has 3 heterocycles. The third-order valence-corrected chi connectivity index (χ3v) is 14.8. The first-order valence-corrected chi connectivity index (χ1v) is 22.4. The molecule has 294 valence electrons. The quantitative estimate of drug-likeness (QED) is 0.176. The van der Waals surface area contributed by atoms with E-state index in [9.17, 15) is 0 Å². The molecular weight excluding hydrogens is 785 g/mol. The van der Waals surface area contributed by atoms with E-state index in [4.69, 9.17) is 4.74 Å². The zero-order valence-electron chi connectivity index (χ0n) is 34.0. The molecule has 4 heteroatoms. The molecule has 3 nitrogen and oxygen atoms in total. The average molecular weight is 821 g/mol. The van der Waals surface area contributed by atoms with Gasteiger partial charge in [-0.3, -0.25) is 0 Å². The lowest BCUT2D eigenvalue weighted by Gasteiger charge is -2.45. The van der Waals surface area contributed by atoms with Gasteiger partial charge in [-0.25, -0.2) is 0 Å². The molecule has 0 fully saturated rings. The van der Waals surface area contributed by atoms with Crippen molar-refractivity contribution in [2.45, 2.75) is 5.41 Å². The van der Waals surface area contributed by atoms with Crippen LogP contribution in [0.25, 0.3) is 69.6 Å². The molecule has 0 radical (unpaired) electrons. The molecule has 63 heavy (non-hydrogen) atoms. The van der Waals surface area contributed by atoms with E-state index in [-0.39, 0.29) is 0 Å². The van der Waals surface area contributed by atoms with E-state index in [1.54, 1.807) is 0 Å². The lowest BCUT2D eigenvalue weighted by Crippen LogP contribution is -2.36. The summed E-state index contributed by atoms with van der Waals surface area (Å²) < 4.78 is 11.8. The zero-order valence-corrected chi connectivity index (χ0v) is 34.8. The molecule has 12 aromatic rings. The Morgan fingerprint density at radius 1 is 0.397 bits per heavy atom. The number of aromatic nitrogens is 1. The van der Waals surface area contributed by atoms with Crippen molar-refractivity contribution in [3.63, 3.8) is 0 Å². The molecule has 0 amide bonds. The Morgan fingerprint density at radius 3 is 1.89 bits per heavy atom. The molecule has 0 atom stereocenters. The van der Waals surface area contributed by atoms with Crippen LogP contribution in [0.5, 0.6) is 11.5 Å². The smallest absolute Gasteiger partial charge is 0.132 e. The monoisotopic (exact) mass is 820 g/mol. The highest BCUT2D eigenvalue weighted by molar-refractivity contribution is 7.25. The summed E-state index contributed by atoms with van der Waals surface area (Å²) in [5, 5.41) is 7.50. The second kappa shape index (κ2) is 13.0. The zero-order chi connectivity index (χ0) is 41.2. The van der Waals surface area contributed by atoms with Crippen LogP contribution in [0.2, 0.25) is 0 Å². The Kier molecular flexibility index (Phi) is 7.20. The maximum Gasteiger partial charge on any atom is 0.132 e. The standard InChI is InChI=1S/C59H36N2OS/c1-2-15-37(16-3-1)60(38-29-32-53-45(35-38)41-18-5-10-25-51(41)61(53)39-30-34-57-46(36-39)42-19-6-13-28-56(42)63-57)52-33-31-43-40-17-4-7-21-47(40)59(50-24-14-20-44(52)58(43)50)48-22-8-11-26-54(48)62-55-27-12-9-23-49(55)59/h1-36H. The average Bonchev–Trinajstić information content (AvgIpc) is 3.89. The number of anilines is 3. The largest absolute Gasteiger partial charge is 0.457 e. The van der Waals surface area contributed by atoms with Gasteiger partial charge in [-0.15, -0.1) is 11.3 Å². The van der Waals surface area contributed by atoms with E-state index in [0.29, 0.717) is 0 Å². The maximum atomic E-state index is 6.70. The summed E-state index contributed by atoms with van der Waals surface area (Å²) in [6, 6.07) is 80.3. The van der Waals surface area contributed by atoms with Gasteiger partial charge in [-0.1, -0.05) is 140 Å². The van der Waals surface area contributed by atoms with E-state index in [2.05, 4.69) is 228 Å². The van der Waals surface area contributed by atoms with E-state index >= 15 is 0 Å². The van der Waals surface area contributed by atoms with Crippen LogP contribution in [-0.4, -0.2) is 4.57 Å². The molecule has 2 aliphatic rings. The Morgan fingerprint density at radius 2 is 1.05 bits per heavy atom. The Bertz CT molecular complexity index is 3810. The minimum atomic E-state index is -0.593. The van der Waals surface area contributed by atoms with Crippen LogP contribution in [0.3, 0.4) is 0 Å². The van der Waals surface area contributed by atoms with Gasteiger partial charge >= 0.3 is 0 Å². The lowest BCUT2D eigenvalue weighted by molar-refractivity contribution is 0.435. The second-order valence-corrected chi connectivity index (χ2v) is 17.8. The van der Waals surface area contributed by atoms with Crippen molar-refractivity contribution >= 4 is 81.1 Å². The maximum absolute atomic E-state index is 6.70. The molecule has 1 aliphatic heterocycles. The van der Waals surface area contributed by atoms with Crippen molar-refractivity contribution in [2.75, 3.05) is 4.90 Å².